The molecule has 0 spiro atoms. The van der Waals surface area contributed by atoms with Crippen LogP contribution in [0.4, 0.5) is 0 Å². The van der Waals surface area contributed by atoms with Gasteiger partial charge in [-0.05, 0) is 31.4 Å². The molecule has 1 aliphatic carbocycles. The SMILES string of the molecule is Cc1cccn1C(CO)CC1CCCCC1. The molecule has 1 aliphatic rings. The Morgan fingerprint density at radius 1 is 1.38 bits per heavy atom. The van der Waals surface area contributed by atoms with Gasteiger partial charge in [0.05, 0.1) is 12.6 Å². The number of rotatable bonds is 4. The van der Waals surface area contributed by atoms with E-state index in [0.29, 0.717) is 0 Å². The van der Waals surface area contributed by atoms with Gasteiger partial charge in [-0.2, -0.15) is 0 Å². The van der Waals surface area contributed by atoms with Crippen molar-refractivity contribution in [2.24, 2.45) is 5.92 Å². The van der Waals surface area contributed by atoms with Crippen LogP contribution in [-0.2, 0) is 0 Å². The molecule has 1 fully saturated rings. The van der Waals surface area contributed by atoms with Gasteiger partial charge in [-0.3, -0.25) is 0 Å². The highest BCUT2D eigenvalue weighted by Gasteiger charge is 2.19. The minimum absolute atomic E-state index is 0.270. The van der Waals surface area contributed by atoms with E-state index in [1.165, 1.54) is 37.8 Å². The number of aryl methyl sites for hydroxylation is 1. The lowest BCUT2D eigenvalue weighted by Gasteiger charge is -2.27. The number of nitrogens with zero attached hydrogens (tertiary/aromatic N) is 1. The Morgan fingerprint density at radius 3 is 2.69 bits per heavy atom. The zero-order valence-corrected chi connectivity index (χ0v) is 10.2. The van der Waals surface area contributed by atoms with Crippen LogP contribution >= 0.6 is 0 Å². The van der Waals surface area contributed by atoms with Crippen LogP contribution in [-0.4, -0.2) is 16.3 Å². The molecule has 0 aliphatic heterocycles. The first-order chi connectivity index (χ1) is 7.81. The molecule has 2 nitrogen and oxygen atoms in total. The van der Waals surface area contributed by atoms with Gasteiger partial charge in [0.1, 0.15) is 0 Å². The van der Waals surface area contributed by atoms with Gasteiger partial charge >= 0.3 is 0 Å². The van der Waals surface area contributed by atoms with Crippen LogP contribution in [0.25, 0.3) is 0 Å². The number of aliphatic hydroxyl groups excluding tert-OH is 1. The summed E-state index contributed by atoms with van der Waals surface area (Å²) in [5.41, 5.74) is 1.26. The summed E-state index contributed by atoms with van der Waals surface area (Å²) in [7, 11) is 0. The summed E-state index contributed by atoms with van der Waals surface area (Å²) in [4.78, 5) is 0. The summed E-state index contributed by atoms with van der Waals surface area (Å²) in [5.74, 6) is 0.827. The Bertz CT molecular complexity index is 312. The van der Waals surface area contributed by atoms with Crippen molar-refractivity contribution in [3.63, 3.8) is 0 Å². The van der Waals surface area contributed by atoms with Crippen LogP contribution in [0.15, 0.2) is 18.3 Å². The first-order valence-corrected chi connectivity index (χ1v) is 6.55. The zero-order valence-electron chi connectivity index (χ0n) is 10.2. The van der Waals surface area contributed by atoms with Crippen LogP contribution in [0.2, 0.25) is 0 Å². The maximum Gasteiger partial charge on any atom is 0.0639 e. The Balaban J connectivity index is 1.97. The Kier molecular flexibility index (Phi) is 4.05. The molecule has 0 bridgehead atoms. The molecule has 0 amide bonds. The minimum atomic E-state index is 0.270. The number of hydrogen-bond acceptors (Lipinski definition) is 1. The van der Waals surface area contributed by atoms with Gasteiger partial charge in [-0.1, -0.05) is 32.1 Å². The highest BCUT2D eigenvalue weighted by atomic mass is 16.3. The lowest BCUT2D eigenvalue weighted by Crippen LogP contribution is -2.19. The van der Waals surface area contributed by atoms with E-state index < -0.39 is 0 Å². The third kappa shape index (κ3) is 2.67. The molecule has 2 rings (SSSR count). The summed E-state index contributed by atoms with van der Waals surface area (Å²) < 4.78 is 2.23. The van der Waals surface area contributed by atoms with Crippen LogP contribution in [0, 0.1) is 12.8 Å². The van der Waals surface area contributed by atoms with Crippen LogP contribution < -0.4 is 0 Å². The second kappa shape index (κ2) is 5.53. The molecular formula is C14H23NO. The molecule has 16 heavy (non-hydrogen) atoms. The van der Waals surface area contributed by atoms with Gasteiger partial charge in [0, 0.05) is 11.9 Å². The summed E-state index contributed by atoms with van der Waals surface area (Å²) in [5, 5.41) is 9.53. The fourth-order valence-electron chi connectivity index (χ4n) is 2.97. The van der Waals surface area contributed by atoms with E-state index in [1.54, 1.807) is 0 Å². The first-order valence-electron chi connectivity index (χ1n) is 6.55. The highest BCUT2D eigenvalue weighted by Crippen LogP contribution is 2.31. The predicted octanol–water partition coefficient (Wildman–Crippen LogP) is 3.30. The molecule has 2 heteroatoms. The second-order valence-electron chi connectivity index (χ2n) is 5.13. The van der Waals surface area contributed by atoms with E-state index in [4.69, 9.17) is 0 Å². The topological polar surface area (TPSA) is 25.2 Å². The molecule has 1 aromatic heterocycles. The Labute approximate surface area is 98.3 Å². The first kappa shape index (κ1) is 11.7. The fraction of sp³-hybridized carbons (Fsp3) is 0.714. The summed E-state index contributed by atoms with van der Waals surface area (Å²) >= 11 is 0. The summed E-state index contributed by atoms with van der Waals surface area (Å²) in [6.07, 6.45) is 10.1. The van der Waals surface area contributed by atoms with E-state index >= 15 is 0 Å². The maximum atomic E-state index is 9.53. The van der Waals surface area contributed by atoms with Gasteiger partial charge in [-0.25, -0.2) is 0 Å². The average Bonchev–Trinajstić information content (AvgIpc) is 2.74. The monoisotopic (exact) mass is 221 g/mol. The quantitative estimate of drug-likeness (QED) is 0.829. The van der Waals surface area contributed by atoms with E-state index in [1.807, 2.05) is 0 Å². The van der Waals surface area contributed by atoms with Crippen molar-refractivity contribution in [3.05, 3.63) is 24.0 Å². The van der Waals surface area contributed by atoms with Crippen molar-refractivity contribution in [3.8, 4) is 0 Å². The van der Waals surface area contributed by atoms with Crippen molar-refractivity contribution >= 4 is 0 Å². The zero-order chi connectivity index (χ0) is 11.4. The van der Waals surface area contributed by atoms with E-state index in [2.05, 4.69) is 29.8 Å². The van der Waals surface area contributed by atoms with Crippen molar-refractivity contribution in [1.29, 1.82) is 0 Å². The molecule has 90 valence electrons. The molecule has 0 saturated heterocycles. The lowest BCUT2D eigenvalue weighted by molar-refractivity contribution is 0.187. The third-order valence-corrected chi connectivity index (χ3v) is 3.93. The molecule has 1 atom stereocenters. The smallest absolute Gasteiger partial charge is 0.0639 e. The average molecular weight is 221 g/mol. The number of aliphatic hydroxyl groups is 1. The standard InChI is InChI=1S/C14H23NO/c1-12-6-5-9-15(12)14(11-16)10-13-7-3-2-4-8-13/h5-6,9,13-14,16H,2-4,7-8,10-11H2,1H3. The van der Waals surface area contributed by atoms with E-state index in [9.17, 15) is 5.11 Å². The molecule has 1 heterocycles. The highest BCUT2D eigenvalue weighted by molar-refractivity contribution is 5.06. The molecule has 1 aromatic rings. The molecule has 0 radical (unpaired) electrons. The molecule has 0 aromatic carbocycles. The number of aromatic nitrogens is 1. The Hall–Kier alpha value is -0.760. The summed E-state index contributed by atoms with van der Waals surface area (Å²) in [6.45, 7) is 2.38. The van der Waals surface area contributed by atoms with E-state index in [-0.39, 0.29) is 12.6 Å². The van der Waals surface area contributed by atoms with Gasteiger partial charge in [0.2, 0.25) is 0 Å². The van der Waals surface area contributed by atoms with Crippen molar-refractivity contribution in [2.75, 3.05) is 6.61 Å². The molecule has 1 N–H and O–H groups in total. The van der Waals surface area contributed by atoms with Crippen molar-refractivity contribution in [1.82, 2.24) is 4.57 Å². The number of hydrogen-bond donors (Lipinski definition) is 1. The Morgan fingerprint density at radius 2 is 2.12 bits per heavy atom. The molecule has 1 unspecified atom stereocenters. The summed E-state index contributed by atoms with van der Waals surface area (Å²) in [6, 6.07) is 4.47. The van der Waals surface area contributed by atoms with Gasteiger partial charge in [0.15, 0.2) is 0 Å². The van der Waals surface area contributed by atoms with Crippen LogP contribution in [0.5, 0.6) is 0 Å². The normalized spacial score (nSPS) is 19.9. The molecule has 1 saturated carbocycles. The second-order valence-corrected chi connectivity index (χ2v) is 5.13. The van der Waals surface area contributed by atoms with Gasteiger partial charge < -0.3 is 9.67 Å². The van der Waals surface area contributed by atoms with Crippen LogP contribution in [0.3, 0.4) is 0 Å². The fourth-order valence-corrected chi connectivity index (χ4v) is 2.97. The largest absolute Gasteiger partial charge is 0.394 e. The van der Waals surface area contributed by atoms with E-state index in [0.717, 1.165) is 12.3 Å². The predicted molar refractivity (Wildman–Crippen MR) is 66.5 cm³/mol. The van der Waals surface area contributed by atoms with Crippen molar-refractivity contribution in [2.45, 2.75) is 51.5 Å². The molecular weight excluding hydrogens is 198 g/mol. The van der Waals surface area contributed by atoms with Gasteiger partial charge in [0.25, 0.3) is 0 Å². The third-order valence-electron chi connectivity index (χ3n) is 3.93. The van der Waals surface area contributed by atoms with Crippen molar-refractivity contribution < 1.29 is 5.11 Å². The minimum Gasteiger partial charge on any atom is -0.394 e. The van der Waals surface area contributed by atoms with Gasteiger partial charge in [-0.15, -0.1) is 0 Å². The van der Waals surface area contributed by atoms with Crippen LogP contribution in [0.1, 0.15) is 50.3 Å². The lowest BCUT2D eigenvalue weighted by atomic mass is 9.85. The maximum absolute atomic E-state index is 9.53.